The second-order valence-electron chi connectivity index (χ2n) is 7.95. The van der Waals surface area contributed by atoms with Gasteiger partial charge in [0.1, 0.15) is 23.8 Å². The van der Waals surface area contributed by atoms with E-state index in [1.54, 1.807) is 17.7 Å². The molecule has 2 fully saturated rings. The number of hydrogen-bond donors (Lipinski definition) is 0. The molecule has 28 heavy (non-hydrogen) atoms. The molecule has 146 valence electrons. The predicted octanol–water partition coefficient (Wildman–Crippen LogP) is 3.79. The molecule has 0 N–H and O–H groups in total. The Hall–Kier alpha value is -2.41. The number of aromatic nitrogens is 3. The summed E-state index contributed by atoms with van der Waals surface area (Å²) in [6.07, 6.45) is 8.48. The van der Waals surface area contributed by atoms with Crippen molar-refractivity contribution in [1.82, 2.24) is 15.0 Å². The van der Waals surface area contributed by atoms with Crippen LogP contribution in [0.5, 0.6) is 0 Å². The predicted molar refractivity (Wildman–Crippen MR) is 117 cm³/mol. The second-order valence-corrected chi connectivity index (χ2v) is 8.90. The molecule has 1 saturated carbocycles. The number of fused-ring (bicyclic) bond motifs is 1. The SMILES string of the molecule is CN(C)c1cc(N(C2CC2)C2CCN(c3nccc4sccc34)CC2)ncn1. The average Bonchev–Trinajstić information content (AvgIpc) is 3.43. The molecule has 0 atom stereocenters. The molecule has 0 bridgehead atoms. The highest BCUT2D eigenvalue weighted by molar-refractivity contribution is 7.17. The van der Waals surface area contributed by atoms with Gasteiger partial charge in [0.2, 0.25) is 0 Å². The Kier molecular flexibility index (Phi) is 4.55. The number of hydrogen-bond acceptors (Lipinski definition) is 7. The molecule has 0 spiro atoms. The van der Waals surface area contributed by atoms with Crippen LogP contribution in [-0.4, -0.2) is 54.2 Å². The van der Waals surface area contributed by atoms with Gasteiger partial charge in [-0.25, -0.2) is 15.0 Å². The summed E-state index contributed by atoms with van der Waals surface area (Å²) in [5.74, 6) is 3.20. The van der Waals surface area contributed by atoms with E-state index < -0.39 is 0 Å². The van der Waals surface area contributed by atoms with E-state index >= 15 is 0 Å². The van der Waals surface area contributed by atoms with Gasteiger partial charge in [0.15, 0.2) is 0 Å². The summed E-state index contributed by atoms with van der Waals surface area (Å²) >= 11 is 1.79. The number of pyridine rings is 1. The third-order valence-electron chi connectivity index (χ3n) is 5.82. The lowest BCUT2D eigenvalue weighted by atomic mass is 10.0. The van der Waals surface area contributed by atoms with Gasteiger partial charge in [-0.05, 0) is 43.2 Å². The largest absolute Gasteiger partial charge is 0.363 e. The van der Waals surface area contributed by atoms with Crippen molar-refractivity contribution in [1.29, 1.82) is 0 Å². The Bertz CT molecular complexity index is 958. The third kappa shape index (κ3) is 3.28. The first-order valence-electron chi connectivity index (χ1n) is 10.1. The molecule has 2 aliphatic rings. The molecule has 3 aromatic heterocycles. The van der Waals surface area contributed by atoms with E-state index in [-0.39, 0.29) is 0 Å². The van der Waals surface area contributed by atoms with Gasteiger partial charge in [-0.1, -0.05) is 0 Å². The Morgan fingerprint density at radius 3 is 2.46 bits per heavy atom. The first kappa shape index (κ1) is 17.7. The maximum absolute atomic E-state index is 4.70. The van der Waals surface area contributed by atoms with E-state index in [4.69, 9.17) is 4.98 Å². The first-order valence-corrected chi connectivity index (χ1v) is 10.9. The molecule has 6 nitrogen and oxygen atoms in total. The Balaban J connectivity index is 1.35. The molecule has 1 aliphatic heterocycles. The van der Waals surface area contributed by atoms with Gasteiger partial charge >= 0.3 is 0 Å². The molecule has 1 aliphatic carbocycles. The van der Waals surface area contributed by atoms with Gasteiger partial charge in [-0.3, -0.25) is 0 Å². The molecule has 0 amide bonds. The van der Waals surface area contributed by atoms with Gasteiger partial charge in [0.25, 0.3) is 0 Å². The lowest BCUT2D eigenvalue weighted by Crippen LogP contribution is -2.46. The lowest BCUT2D eigenvalue weighted by molar-refractivity contribution is 0.458. The number of thiophene rings is 1. The minimum absolute atomic E-state index is 0.537. The number of nitrogens with zero attached hydrogens (tertiary/aromatic N) is 6. The highest BCUT2D eigenvalue weighted by Crippen LogP contribution is 2.37. The summed E-state index contributed by atoms with van der Waals surface area (Å²) in [5.41, 5.74) is 0. The maximum atomic E-state index is 4.70. The summed E-state index contributed by atoms with van der Waals surface area (Å²) in [6, 6.07) is 7.63. The molecule has 4 heterocycles. The highest BCUT2D eigenvalue weighted by Gasteiger charge is 2.37. The Morgan fingerprint density at radius 1 is 0.964 bits per heavy atom. The molecular weight excluding hydrogens is 368 g/mol. The first-order chi connectivity index (χ1) is 13.7. The standard InChI is InChI=1S/C21H26N6S/c1-25(2)19-13-20(24-14-23-19)27(15-3-4-15)16-6-10-26(11-7-16)21-17-8-12-28-18(17)5-9-22-21/h5,8-9,12-16H,3-4,6-7,10-11H2,1-2H3. The normalized spacial score (nSPS) is 17.9. The fourth-order valence-electron chi connectivity index (χ4n) is 4.24. The zero-order chi connectivity index (χ0) is 19.1. The van der Waals surface area contributed by atoms with E-state index in [1.165, 1.54) is 22.9 Å². The van der Waals surface area contributed by atoms with Crippen molar-refractivity contribution in [2.24, 2.45) is 0 Å². The Morgan fingerprint density at radius 2 is 1.71 bits per heavy atom. The van der Waals surface area contributed by atoms with Crippen molar-refractivity contribution in [3.63, 3.8) is 0 Å². The van der Waals surface area contributed by atoms with Gasteiger partial charge < -0.3 is 14.7 Å². The van der Waals surface area contributed by atoms with Crippen LogP contribution >= 0.6 is 11.3 Å². The highest BCUT2D eigenvalue weighted by atomic mass is 32.1. The van der Waals surface area contributed by atoms with E-state index in [9.17, 15) is 0 Å². The third-order valence-corrected chi connectivity index (χ3v) is 6.70. The number of piperidine rings is 1. The van der Waals surface area contributed by atoms with Gasteiger partial charge in [0, 0.05) is 61.6 Å². The van der Waals surface area contributed by atoms with E-state index in [1.807, 2.05) is 25.2 Å². The Labute approximate surface area is 169 Å². The smallest absolute Gasteiger partial charge is 0.137 e. The van der Waals surface area contributed by atoms with Gasteiger partial charge in [-0.2, -0.15) is 0 Å². The van der Waals surface area contributed by atoms with E-state index in [0.717, 1.165) is 43.4 Å². The van der Waals surface area contributed by atoms with Crippen molar-refractivity contribution in [2.45, 2.75) is 37.8 Å². The fraction of sp³-hybridized carbons (Fsp3) is 0.476. The van der Waals surface area contributed by atoms with Crippen LogP contribution in [-0.2, 0) is 0 Å². The van der Waals surface area contributed by atoms with Crippen LogP contribution in [0, 0.1) is 0 Å². The summed E-state index contributed by atoms with van der Waals surface area (Å²) in [4.78, 5) is 20.8. The summed E-state index contributed by atoms with van der Waals surface area (Å²) in [6.45, 7) is 2.09. The quantitative estimate of drug-likeness (QED) is 0.656. The lowest BCUT2D eigenvalue weighted by Gasteiger charge is -2.40. The molecule has 1 saturated heterocycles. The molecule has 3 aromatic rings. The van der Waals surface area contributed by atoms with Crippen molar-refractivity contribution in [3.8, 4) is 0 Å². The minimum atomic E-state index is 0.537. The molecular formula is C21H26N6S. The molecule has 7 heteroatoms. The molecule has 0 unspecified atom stereocenters. The summed E-state index contributed by atoms with van der Waals surface area (Å²) < 4.78 is 1.32. The van der Waals surface area contributed by atoms with Crippen LogP contribution in [0.15, 0.2) is 36.1 Å². The van der Waals surface area contributed by atoms with Crippen molar-refractivity contribution in [2.75, 3.05) is 41.9 Å². The minimum Gasteiger partial charge on any atom is -0.363 e. The van der Waals surface area contributed by atoms with E-state index in [0.29, 0.717) is 12.1 Å². The maximum Gasteiger partial charge on any atom is 0.137 e. The van der Waals surface area contributed by atoms with Gasteiger partial charge in [-0.15, -0.1) is 11.3 Å². The second kappa shape index (κ2) is 7.20. The molecule has 5 rings (SSSR count). The van der Waals surface area contributed by atoms with Crippen molar-refractivity contribution < 1.29 is 0 Å². The number of anilines is 3. The topological polar surface area (TPSA) is 48.4 Å². The fourth-order valence-corrected chi connectivity index (χ4v) is 5.01. The van der Waals surface area contributed by atoms with Crippen molar-refractivity contribution >= 4 is 38.9 Å². The summed E-state index contributed by atoms with van der Waals surface area (Å²) in [5, 5.41) is 3.45. The summed E-state index contributed by atoms with van der Waals surface area (Å²) in [7, 11) is 4.06. The van der Waals surface area contributed by atoms with Crippen LogP contribution in [0.1, 0.15) is 25.7 Å². The molecule has 0 radical (unpaired) electrons. The van der Waals surface area contributed by atoms with E-state index in [2.05, 4.69) is 43.3 Å². The number of rotatable bonds is 5. The van der Waals surface area contributed by atoms with Crippen LogP contribution in [0.25, 0.3) is 10.1 Å². The average molecular weight is 395 g/mol. The zero-order valence-electron chi connectivity index (χ0n) is 16.5. The van der Waals surface area contributed by atoms with Gasteiger partial charge in [0.05, 0.1) is 0 Å². The monoisotopic (exact) mass is 394 g/mol. The molecule has 0 aromatic carbocycles. The van der Waals surface area contributed by atoms with Crippen molar-refractivity contribution in [3.05, 3.63) is 36.1 Å². The van der Waals surface area contributed by atoms with Crippen LogP contribution < -0.4 is 14.7 Å². The zero-order valence-corrected chi connectivity index (χ0v) is 17.3. The van der Waals surface area contributed by atoms with Crippen LogP contribution in [0.4, 0.5) is 17.5 Å². The van der Waals surface area contributed by atoms with Crippen LogP contribution in [0.3, 0.4) is 0 Å². The van der Waals surface area contributed by atoms with Crippen LogP contribution in [0.2, 0.25) is 0 Å².